The first-order valence-electron chi connectivity index (χ1n) is 10.3. The molecule has 4 rings (SSSR count). The maximum atomic E-state index is 12.5. The highest BCUT2D eigenvalue weighted by Gasteiger charge is 2.15. The number of carbonyl (C=O) groups is 1. The minimum Gasteiger partial charge on any atom is -0.397 e. The van der Waals surface area contributed by atoms with Crippen molar-refractivity contribution in [2.24, 2.45) is 0 Å². The van der Waals surface area contributed by atoms with Crippen molar-refractivity contribution in [3.63, 3.8) is 0 Å². The lowest BCUT2D eigenvalue weighted by Crippen LogP contribution is -2.31. The van der Waals surface area contributed by atoms with Gasteiger partial charge in [-0.2, -0.15) is 15.0 Å². The zero-order valence-electron chi connectivity index (χ0n) is 17.2. The number of nitrogens with one attached hydrogen (secondary N) is 1. The van der Waals surface area contributed by atoms with Crippen LogP contribution in [0.5, 0.6) is 0 Å². The number of hydrogen-bond donors (Lipinski definition) is 3. The van der Waals surface area contributed by atoms with Crippen molar-refractivity contribution in [2.45, 2.75) is 19.3 Å². The fourth-order valence-corrected chi connectivity index (χ4v) is 3.43. The summed E-state index contributed by atoms with van der Waals surface area (Å²) in [5, 5.41) is 2.82. The summed E-state index contributed by atoms with van der Waals surface area (Å²) in [5.74, 6) is 1.13. The molecule has 0 radical (unpaired) electrons. The summed E-state index contributed by atoms with van der Waals surface area (Å²) in [6, 6.07) is 14.4. The van der Waals surface area contributed by atoms with Crippen LogP contribution in [0.1, 0.15) is 41.0 Å². The van der Waals surface area contributed by atoms with Gasteiger partial charge in [0.25, 0.3) is 5.91 Å². The Bertz CT molecular complexity index is 1090. The van der Waals surface area contributed by atoms with Crippen LogP contribution in [0.3, 0.4) is 0 Å². The van der Waals surface area contributed by atoms with Gasteiger partial charge in [0.15, 0.2) is 5.82 Å². The normalized spacial score (nSPS) is 14.0. The maximum Gasteiger partial charge on any atom is 0.255 e. The van der Waals surface area contributed by atoms with Crippen molar-refractivity contribution < 1.29 is 4.79 Å². The molecule has 2 aromatic carbocycles. The fourth-order valence-electron chi connectivity index (χ4n) is 3.43. The van der Waals surface area contributed by atoms with Gasteiger partial charge in [-0.1, -0.05) is 30.3 Å². The first-order chi connectivity index (χ1) is 15.1. The van der Waals surface area contributed by atoms with Crippen molar-refractivity contribution in [3.8, 4) is 0 Å². The minimum atomic E-state index is -0.218. The number of nitrogen functional groups attached to an aromatic ring is 2. The third-order valence-corrected chi connectivity index (χ3v) is 5.10. The molecule has 8 nitrogen and oxygen atoms in total. The van der Waals surface area contributed by atoms with Crippen LogP contribution < -0.4 is 21.7 Å². The first kappa shape index (κ1) is 20.3. The third kappa shape index (κ3) is 5.16. The van der Waals surface area contributed by atoms with Crippen LogP contribution in [0.4, 0.5) is 23.3 Å². The zero-order valence-corrected chi connectivity index (χ0v) is 17.2. The van der Waals surface area contributed by atoms with Gasteiger partial charge >= 0.3 is 0 Å². The minimum absolute atomic E-state index is 0.211. The molecule has 1 amide bonds. The molecule has 0 bridgehead atoms. The number of amides is 1. The molecule has 3 aromatic rings. The molecule has 0 atom stereocenters. The molecule has 158 valence electrons. The van der Waals surface area contributed by atoms with Gasteiger partial charge in [-0.3, -0.25) is 4.79 Å². The number of nitrogens with zero attached hydrogens (tertiary/aromatic N) is 4. The molecule has 1 fully saturated rings. The Morgan fingerprint density at radius 3 is 2.39 bits per heavy atom. The molecule has 0 unspecified atom stereocenters. The van der Waals surface area contributed by atoms with E-state index in [1.807, 2.05) is 30.3 Å². The van der Waals surface area contributed by atoms with Gasteiger partial charge in [0.2, 0.25) is 11.9 Å². The van der Waals surface area contributed by atoms with Crippen LogP contribution >= 0.6 is 0 Å². The molecule has 1 aliphatic heterocycles. The molecule has 1 saturated heterocycles. The average molecular weight is 416 g/mol. The SMILES string of the molecule is Nc1nc(C=Cc2ccc(C(=O)Nc3ccccc3N)cc2)nc(N2CCCCC2)n1. The van der Waals surface area contributed by atoms with Crippen LogP contribution in [-0.2, 0) is 0 Å². The predicted octanol–water partition coefficient (Wildman–Crippen LogP) is 3.45. The van der Waals surface area contributed by atoms with Crippen LogP contribution in [-0.4, -0.2) is 33.9 Å². The number of carbonyl (C=O) groups excluding carboxylic acids is 1. The Labute approximate surface area is 181 Å². The molecule has 8 heteroatoms. The Hall–Kier alpha value is -3.94. The predicted molar refractivity (Wildman–Crippen MR) is 124 cm³/mol. The molecule has 5 N–H and O–H groups in total. The number of rotatable bonds is 5. The number of nitrogens with two attached hydrogens (primary N) is 2. The highest BCUT2D eigenvalue weighted by atomic mass is 16.1. The van der Waals surface area contributed by atoms with Crippen molar-refractivity contribution in [1.82, 2.24) is 15.0 Å². The Kier molecular flexibility index (Phi) is 6.07. The van der Waals surface area contributed by atoms with E-state index < -0.39 is 0 Å². The highest BCUT2D eigenvalue weighted by Crippen LogP contribution is 2.19. The second-order valence-corrected chi connectivity index (χ2v) is 7.40. The van der Waals surface area contributed by atoms with Gasteiger partial charge in [0, 0.05) is 18.7 Å². The summed E-state index contributed by atoms with van der Waals surface area (Å²) in [5.41, 5.74) is 14.3. The van der Waals surface area contributed by atoms with Gasteiger partial charge < -0.3 is 21.7 Å². The van der Waals surface area contributed by atoms with E-state index in [1.165, 1.54) is 6.42 Å². The van der Waals surface area contributed by atoms with Crippen molar-refractivity contribution in [3.05, 3.63) is 65.5 Å². The average Bonchev–Trinajstić information content (AvgIpc) is 2.80. The molecule has 2 heterocycles. The van der Waals surface area contributed by atoms with E-state index in [9.17, 15) is 4.79 Å². The second-order valence-electron chi connectivity index (χ2n) is 7.40. The Balaban J connectivity index is 1.44. The molecular formula is C23H25N7O. The number of anilines is 4. The summed E-state index contributed by atoms with van der Waals surface area (Å²) < 4.78 is 0. The van der Waals surface area contributed by atoms with E-state index in [4.69, 9.17) is 11.5 Å². The van der Waals surface area contributed by atoms with Crippen molar-refractivity contribution in [2.75, 3.05) is 34.8 Å². The number of hydrogen-bond acceptors (Lipinski definition) is 7. The standard InChI is InChI=1S/C23H25N7O/c24-18-6-2-3-7-19(18)26-21(31)17-11-8-16(9-12-17)10-13-20-27-22(25)29-23(28-20)30-14-4-1-5-15-30/h2-3,6-13H,1,4-5,14-15,24H2,(H,26,31)(H2,25,27,28,29). The maximum absolute atomic E-state index is 12.5. The van der Waals surface area contributed by atoms with Crippen molar-refractivity contribution >= 4 is 41.3 Å². The lowest BCUT2D eigenvalue weighted by Gasteiger charge is -2.26. The van der Waals surface area contributed by atoms with Gasteiger partial charge in [0.05, 0.1) is 11.4 Å². The molecule has 0 aliphatic carbocycles. The smallest absolute Gasteiger partial charge is 0.255 e. The van der Waals surface area contributed by atoms with E-state index in [-0.39, 0.29) is 11.9 Å². The summed E-state index contributed by atoms with van der Waals surface area (Å²) in [6.07, 6.45) is 7.18. The summed E-state index contributed by atoms with van der Waals surface area (Å²) in [7, 11) is 0. The van der Waals surface area contributed by atoms with Crippen LogP contribution in [0, 0.1) is 0 Å². The zero-order chi connectivity index (χ0) is 21.6. The number of benzene rings is 2. The van der Waals surface area contributed by atoms with Crippen LogP contribution in [0.2, 0.25) is 0 Å². The summed E-state index contributed by atoms with van der Waals surface area (Å²) in [4.78, 5) is 27.6. The van der Waals surface area contributed by atoms with Gasteiger partial charge in [0.1, 0.15) is 0 Å². The van der Waals surface area contributed by atoms with E-state index in [0.717, 1.165) is 31.5 Å². The summed E-state index contributed by atoms with van der Waals surface area (Å²) in [6.45, 7) is 1.87. The van der Waals surface area contributed by atoms with Crippen molar-refractivity contribution in [1.29, 1.82) is 0 Å². The fraction of sp³-hybridized carbons (Fsp3) is 0.217. The quantitative estimate of drug-likeness (QED) is 0.545. The highest BCUT2D eigenvalue weighted by molar-refractivity contribution is 6.05. The third-order valence-electron chi connectivity index (χ3n) is 5.10. The van der Waals surface area contributed by atoms with Gasteiger partial charge in [-0.25, -0.2) is 0 Å². The molecule has 31 heavy (non-hydrogen) atoms. The lowest BCUT2D eigenvalue weighted by atomic mass is 10.1. The Morgan fingerprint density at radius 2 is 1.65 bits per heavy atom. The molecular weight excluding hydrogens is 390 g/mol. The molecule has 0 saturated carbocycles. The second kappa shape index (κ2) is 9.25. The number of piperidine rings is 1. The number of aromatic nitrogens is 3. The summed E-state index contributed by atoms with van der Waals surface area (Å²) >= 11 is 0. The first-order valence-corrected chi connectivity index (χ1v) is 10.3. The molecule has 0 spiro atoms. The molecule has 1 aliphatic rings. The number of para-hydroxylation sites is 2. The Morgan fingerprint density at radius 1 is 0.903 bits per heavy atom. The molecule has 1 aromatic heterocycles. The van der Waals surface area contributed by atoms with E-state index in [2.05, 4.69) is 25.2 Å². The van der Waals surface area contributed by atoms with Gasteiger partial charge in [-0.15, -0.1) is 0 Å². The topological polar surface area (TPSA) is 123 Å². The van der Waals surface area contributed by atoms with Crippen LogP contribution in [0.25, 0.3) is 12.2 Å². The van der Waals surface area contributed by atoms with E-state index in [0.29, 0.717) is 28.7 Å². The van der Waals surface area contributed by atoms with E-state index >= 15 is 0 Å². The van der Waals surface area contributed by atoms with Gasteiger partial charge in [-0.05, 0) is 55.2 Å². The lowest BCUT2D eigenvalue weighted by molar-refractivity contribution is 0.102. The van der Waals surface area contributed by atoms with Crippen LogP contribution in [0.15, 0.2) is 48.5 Å². The largest absolute Gasteiger partial charge is 0.397 e. The van der Waals surface area contributed by atoms with E-state index in [1.54, 1.807) is 30.3 Å². The monoisotopic (exact) mass is 415 g/mol.